The van der Waals surface area contributed by atoms with Crippen LogP contribution in [-0.2, 0) is 13.1 Å². The summed E-state index contributed by atoms with van der Waals surface area (Å²) in [7, 11) is 0. The molecule has 3 N–H and O–H groups in total. The van der Waals surface area contributed by atoms with E-state index in [2.05, 4.69) is 23.4 Å². The Balaban J connectivity index is 2.17. The van der Waals surface area contributed by atoms with Crippen molar-refractivity contribution < 1.29 is 0 Å². The molecule has 1 aromatic rings. The summed E-state index contributed by atoms with van der Waals surface area (Å²) in [5.41, 5.74) is 6.66. The van der Waals surface area contributed by atoms with E-state index in [-0.39, 0.29) is 0 Å². The van der Waals surface area contributed by atoms with E-state index >= 15 is 0 Å². The van der Waals surface area contributed by atoms with Crippen molar-refractivity contribution in [2.75, 3.05) is 13.1 Å². The third-order valence-corrected chi connectivity index (χ3v) is 2.22. The van der Waals surface area contributed by atoms with Gasteiger partial charge in [-0.05, 0) is 38.9 Å². The summed E-state index contributed by atoms with van der Waals surface area (Å²) in [4.78, 5) is 0. The molecule has 4 nitrogen and oxygen atoms in total. The zero-order valence-electron chi connectivity index (χ0n) is 8.87. The van der Waals surface area contributed by atoms with Crippen molar-refractivity contribution in [2.24, 2.45) is 5.73 Å². The summed E-state index contributed by atoms with van der Waals surface area (Å²) < 4.78 is 2.01. The smallest absolute Gasteiger partial charge is 0.0521 e. The highest BCUT2D eigenvalue weighted by molar-refractivity contribution is 4.99. The van der Waals surface area contributed by atoms with E-state index in [0.29, 0.717) is 0 Å². The van der Waals surface area contributed by atoms with Gasteiger partial charge < -0.3 is 11.1 Å². The van der Waals surface area contributed by atoms with Crippen LogP contribution in [0, 0.1) is 0 Å². The fourth-order valence-electron chi connectivity index (χ4n) is 1.41. The van der Waals surface area contributed by atoms with Crippen LogP contribution in [0.4, 0.5) is 0 Å². The first-order valence-electron chi connectivity index (χ1n) is 5.30. The van der Waals surface area contributed by atoms with E-state index in [1.54, 1.807) is 0 Å². The molecule has 0 spiro atoms. The van der Waals surface area contributed by atoms with Gasteiger partial charge in [0.2, 0.25) is 0 Å². The third kappa shape index (κ3) is 3.47. The molecule has 0 saturated heterocycles. The number of unbranched alkanes of at least 4 members (excludes halogenated alkanes) is 1. The molecule has 1 rings (SSSR count). The Morgan fingerprint density at radius 3 is 3.07 bits per heavy atom. The van der Waals surface area contributed by atoms with E-state index < -0.39 is 0 Å². The van der Waals surface area contributed by atoms with E-state index in [4.69, 9.17) is 5.73 Å². The second kappa shape index (κ2) is 6.56. The van der Waals surface area contributed by atoms with Crippen molar-refractivity contribution in [2.45, 2.75) is 32.9 Å². The van der Waals surface area contributed by atoms with Gasteiger partial charge in [0.1, 0.15) is 0 Å². The summed E-state index contributed by atoms with van der Waals surface area (Å²) in [5.74, 6) is 0. The molecular formula is C10H20N4. The summed E-state index contributed by atoms with van der Waals surface area (Å²) in [5, 5.41) is 7.59. The Bertz CT molecular complexity index is 244. The van der Waals surface area contributed by atoms with Crippen LogP contribution in [0.2, 0.25) is 0 Å². The maximum Gasteiger partial charge on any atom is 0.0521 e. The predicted octanol–water partition coefficient (Wildman–Crippen LogP) is 0.731. The molecule has 0 radical (unpaired) electrons. The van der Waals surface area contributed by atoms with Gasteiger partial charge in [0.15, 0.2) is 0 Å². The van der Waals surface area contributed by atoms with Gasteiger partial charge in [-0.2, -0.15) is 5.10 Å². The van der Waals surface area contributed by atoms with Crippen LogP contribution < -0.4 is 11.1 Å². The molecule has 4 heteroatoms. The summed E-state index contributed by atoms with van der Waals surface area (Å²) in [6.07, 6.45) is 4.09. The first kappa shape index (κ1) is 11.2. The van der Waals surface area contributed by atoms with Crippen LogP contribution in [0.5, 0.6) is 0 Å². The zero-order valence-corrected chi connectivity index (χ0v) is 8.87. The number of hydrogen-bond donors (Lipinski definition) is 2. The third-order valence-electron chi connectivity index (χ3n) is 2.22. The van der Waals surface area contributed by atoms with Crippen molar-refractivity contribution in [1.82, 2.24) is 15.1 Å². The van der Waals surface area contributed by atoms with E-state index in [1.807, 2.05) is 10.9 Å². The molecule has 0 aliphatic rings. The van der Waals surface area contributed by atoms with Crippen molar-refractivity contribution in [3.05, 3.63) is 18.0 Å². The average Bonchev–Trinajstić information content (AvgIpc) is 2.65. The van der Waals surface area contributed by atoms with E-state index in [9.17, 15) is 0 Å². The zero-order chi connectivity index (χ0) is 10.2. The molecule has 0 fully saturated rings. The SMILES string of the molecule is CCn1nccc1CNCCCCN. The number of hydrogen-bond acceptors (Lipinski definition) is 3. The topological polar surface area (TPSA) is 55.9 Å². The van der Waals surface area contributed by atoms with E-state index in [0.717, 1.165) is 39.0 Å². The quantitative estimate of drug-likeness (QED) is 0.632. The molecule has 0 amide bonds. The largest absolute Gasteiger partial charge is 0.330 e. The summed E-state index contributed by atoms with van der Waals surface area (Å²) in [6, 6.07) is 2.05. The Hall–Kier alpha value is -0.870. The molecule has 0 atom stereocenters. The minimum atomic E-state index is 0.786. The first-order valence-corrected chi connectivity index (χ1v) is 5.30. The lowest BCUT2D eigenvalue weighted by molar-refractivity contribution is 0.567. The molecule has 1 heterocycles. The van der Waals surface area contributed by atoms with Gasteiger partial charge in [-0.25, -0.2) is 0 Å². The van der Waals surface area contributed by atoms with Crippen LogP contribution in [-0.4, -0.2) is 22.9 Å². The highest BCUT2D eigenvalue weighted by Gasteiger charge is 1.98. The standard InChI is InChI=1S/C10H20N4/c1-2-14-10(5-8-13-14)9-12-7-4-3-6-11/h5,8,12H,2-4,6-7,9,11H2,1H3. The van der Waals surface area contributed by atoms with Gasteiger partial charge in [-0.3, -0.25) is 4.68 Å². The number of aryl methyl sites for hydroxylation is 1. The molecule has 80 valence electrons. The van der Waals surface area contributed by atoms with Gasteiger partial charge in [0.05, 0.1) is 5.69 Å². The monoisotopic (exact) mass is 196 g/mol. The maximum absolute atomic E-state index is 5.41. The highest BCUT2D eigenvalue weighted by atomic mass is 15.3. The number of rotatable bonds is 7. The first-order chi connectivity index (χ1) is 6.88. The summed E-state index contributed by atoms with van der Waals surface area (Å²) in [6.45, 7) is 5.76. The number of nitrogens with one attached hydrogen (secondary N) is 1. The van der Waals surface area contributed by atoms with Crippen molar-refractivity contribution >= 4 is 0 Å². The molecule has 0 aliphatic heterocycles. The van der Waals surface area contributed by atoms with Crippen LogP contribution in [0.15, 0.2) is 12.3 Å². The molecule has 0 aliphatic carbocycles. The number of nitrogens with zero attached hydrogens (tertiary/aromatic N) is 2. The Morgan fingerprint density at radius 1 is 1.50 bits per heavy atom. The number of nitrogens with two attached hydrogens (primary N) is 1. The minimum Gasteiger partial charge on any atom is -0.330 e. The van der Waals surface area contributed by atoms with Crippen molar-refractivity contribution in [1.29, 1.82) is 0 Å². The van der Waals surface area contributed by atoms with Crippen LogP contribution in [0.25, 0.3) is 0 Å². The fraction of sp³-hybridized carbons (Fsp3) is 0.700. The molecule has 14 heavy (non-hydrogen) atoms. The Labute approximate surface area is 85.5 Å². The van der Waals surface area contributed by atoms with Gasteiger partial charge in [-0.15, -0.1) is 0 Å². The lowest BCUT2D eigenvalue weighted by Gasteiger charge is -2.06. The molecule has 0 saturated carbocycles. The van der Waals surface area contributed by atoms with Crippen LogP contribution in [0.3, 0.4) is 0 Å². The molecule has 0 bridgehead atoms. The normalized spacial score (nSPS) is 10.7. The highest BCUT2D eigenvalue weighted by Crippen LogP contribution is 1.97. The van der Waals surface area contributed by atoms with Gasteiger partial charge in [0, 0.05) is 19.3 Å². The minimum absolute atomic E-state index is 0.786. The van der Waals surface area contributed by atoms with Crippen LogP contribution >= 0.6 is 0 Å². The Morgan fingerprint density at radius 2 is 2.36 bits per heavy atom. The van der Waals surface area contributed by atoms with E-state index in [1.165, 1.54) is 5.69 Å². The van der Waals surface area contributed by atoms with Gasteiger partial charge in [0.25, 0.3) is 0 Å². The second-order valence-electron chi connectivity index (χ2n) is 3.31. The molecular weight excluding hydrogens is 176 g/mol. The molecule has 0 unspecified atom stereocenters. The lowest BCUT2D eigenvalue weighted by Crippen LogP contribution is -2.18. The van der Waals surface area contributed by atoms with Crippen molar-refractivity contribution in [3.8, 4) is 0 Å². The average molecular weight is 196 g/mol. The second-order valence-corrected chi connectivity index (χ2v) is 3.31. The van der Waals surface area contributed by atoms with Crippen LogP contribution in [0.1, 0.15) is 25.5 Å². The predicted molar refractivity (Wildman–Crippen MR) is 57.9 cm³/mol. The van der Waals surface area contributed by atoms with Gasteiger partial charge in [-0.1, -0.05) is 0 Å². The van der Waals surface area contributed by atoms with Crippen molar-refractivity contribution in [3.63, 3.8) is 0 Å². The number of aromatic nitrogens is 2. The lowest BCUT2D eigenvalue weighted by atomic mass is 10.3. The maximum atomic E-state index is 5.41. The summed E-state index contributed by atoms with van der Waals surface area (Å²) >= 11 is 0. The molecule has 0 aromatic carbocycles. The fourth-order valence-corrected chi connectivity index (χ4v) is 1.41. The molecule has 1 aromatic heterocycles. The van der Waals surface area contributed by atoms with Gasteiger partial charge >= 0.3 is 0 Å². The Kier molecular flexibility index (Phi) is 5.25.